The van der Waals surface area contributed by atoms with Gasteiger partial charge in [0.05, 0.1) is 17.5 Å². The van der Waals surface area contributed by atoms with Crippen molar-refractivity contribution in [2.75, 3.05) is 16.4 Å². The van der Waals surface area contributed by atoms with Crippen molar-refractivity contribution < 1.29 is 13.2 Å². The van der Waals surface area contributed by atoms with Crippen LogP contribution in [0.15, 0.2) is 64.1 Å². The number of carbonyl (C=O) groups excluding carboxylic acids is 1. The molecule has 0 aromatic heterocycles. The highest BCUT2D eigenvalue weighted by molar-refractivity contribution is 9.10. The summed E-state index contributed by atoms with van der Waals surface area (Å²) in [5, 5.41) is 0.447. The second kappa shape index (κ2) is 6.83. The number of halogens is 1. The van der Waals surface area contributed by atoms with Crippen LogP contribution in [0.4, 0.5) is 5.69 Å². The van der Waals surface area contributed by atoms with Crippen molar-refractivity contribution >= 4 is 54.3 Å². The molecule has 0 spiro atoms. The minimum Gasteiger partial charge on any atom is -0.316 e. The maximum Gasteiger partial charge on any atom is 0.279 e. The topological polar surface area (TPSA) is 66.8 Å². The summed E-state index contributed by atoms with van der Waals surface area (Å²) in [6, 6.07) is 16.3. The molecule has 0 aliphatic carbocycles. The lowest BCUT2D eigenvalue weighted by Gasteiger charge is -2.24. The van der Waals surface area contributed by atoms with Gasteiger partial charge in [-0.15, -0.1) is 0 Å². The molecule has 2 aromatic rings. The van der Waals surface area contributed by atoms with Crippen LogP contribution in [-0.2, 0) is 9.84 Å². The molecule has 0 unspecified atom stereocenters. The fourth-order valence-corrected chi connectivity index (χ4v) is 7.52. The van der Waals surface area contributed by atoms with E-state index in [1.165, 1.54) is 11.8 Å². The van der Waals surface area contributed by atoms with Gasteiger partial charge >= 0.3 is 0 Å². The normalized spacial score (nSPS) is 25.4. The van der Waals surface area contributed by atoms with Crippen molar-refractivity contribution in [2.45, 2.75) is 11.3 Å². The van der Waals surface area contributed by atoms with E-state index in [4.69, 9.17) is 0 Å². The Morgan fingerprint density at radius 3 is 2.62 bits per heavy atom. The summed E-state index contributed by atoms with van der Waals surface area (Å²) in [5.74, 6) is -0.128. The molecule has 2 fully saturated rings. The zero-order valence-electron chi connectivity index (χ0n) is 13.6. The molecule has 2 aromatic carbocycles. The number of rotatable bonds is 2. The van der Waals surface area contributed by atoms with E-state index in [9.17, 15) is 13.2 Å². The van der Waals surface area contributed by atoms with Crippen molar-refractivity contribution in [1.82, 2.24) is 0 Å². The molecule has 1 amide bonds. The number of fused-ring (bicyclic) bond motifs is 1. The van der Waals surface area contributed by atoms with Gasteiger partial charge in [-0.1, -0.05) is 52.0 Å². The van der Waals surface area contributed by atoms with Crippen LogP contribution in [0.3, 0.4) is 0 Å². The van der Waals surface area contributed by atoms with Gasteiger partial charge in [-0.3, -0.25) is 4.79 Å². The van der Waals surface area contributed by atoms with Crippen molar-refractivity contribution in [1.29, 1.82) is 0 Å². The SMILES string of the molecule is O=C(N=C1S[C@@H]2CS(=O)(=O)C[C@@H]2N1c1cccc(Br)c1)c1ccccc1. The van der Waals surface area contributed by atoms with Gasteiger partial charge in [0.1, 0.15) is 0 Å². The van der Waals surface area contributed by atoms with E-state index >= 15 is 0 Å². The van der Waals surface area contributed by atoms with Gasteiger partial charge in [-0.2, -0.15) is 4.99 Å². The molecule has 0 saturated carbocycles. The number of carbonyl (C=O) groups is 1. The van der Waals surface area contributed by atoms with Gasteiger partial charge in [-0.05, 0) is 30.3 Å². The third-order valence-corrected chi connectivity index (χ3v) is 8.07. The smallest absolute Gasteiger partial charge is 0.279 e. The molecule has 0 radical (unpaired) electrons. The van der Waals surface area contributed by atoms with E-state index in [1.807, 2.05) is 35.2 Å². The fourth-order valence-electron chi connectivity index (χ4n) is 3.22. The largest absolute Gasteiger partial charge is 0.316 e. The van der Waals surface area contributed by atoms with Crippen molar-refractivity contribution in [3.63, 3.8) is 0 Å². The predicted octanol–water partition coefficient (Wildman–Crippen LogP) is 3.36. The second-order valence-corrected chi connectivity index (χ2v) is 10.5. The van der Waals surface area contributed by atoms with Gasteiger partial charge in [-0.25, -0.2) is 8.42 Å². The molecule has 2 heterocycles. The van der Waals surface area contributed by atoms with Gasteiger partial charge in [0.2, 0.25) is 0 Å². The Hall–Kier alpha value is -1.64. The number of benzene rings is 2. The summed E-state index contributed by atoms with van der Waals surface area (Å²) >= 11 is 4.83. The Balaban J connectivity index is 1.74. The summed E-state index contributed by atoms with van der Waals surface area (Å²) in [7, 11) is -3.07. The Bertz CT molecular complexity index is 993. The highest BCUT2D eigenvalue weighted by Gasteiger charge is 2.49. The predicted molar refractivity (Wildman–Crippen MR) is 109 cm³/mol. The second-order valence-electron chi connectivity index (χ2n) is 6.22. The number of thioether (sulfide) groups is 1. The molecule has 0 N–H and O–H groups in total. The van der Waals surface area contributed by atoms with Crippen LogP contribution in [0.5, 0.6) is 0 Å². The number of aliphatic imine (C=N–C) groups is 1. The van der Waals surface area contributed by atoms with Gasteiger partial charge < -0.3 is 4.90 Å². The number of sulfone groups is 1. The lowest BCUT2D eigenvalue weighted by Crippen LogP contribution is -2.37. The van der Waals surface area contributed by atoms with Gasteiger partial charge in [0.15, 0.2) is 15.0 Å². The Morgan fingerprint density at radius 1 is 1.12 bits per heavy atom. The third kappa shape index (κ3) is 3.45. The lowest BCUT2D eigenvalue weighted by molar-refractivity contribution is 0.100. The highest BCUT2D eigenvalue weighted by Crippen LogP contribution is 2.41. The van der Waals surface area contributed by atoms with E-state index in [0.29, 0.717) is 10.7 Å². The molecule has 4 rings (SSSR count). The number of amidine groups is 1. The number of hydrogen-bond acceptors (Lipinski definition) is 4. The van der Waals surface area contributed by atoms with Crippen LogP contribution in [0.2, 0.25) is 0 Å². The molecule has 2 saturated heterocycles. The zero-order chi connectivity index (χ0) is 18.3. The van der Waals surface area contributed by atoms with Crippen LogP contribution in [-0.4, -0.2) is 42.3 Å². The van der Waals surface area contributed by atoms with E-state index in [0.717, 1.165) is 10.2 Å². The van der Waals surface area contributed by atoms with E-state index in [2.05, 4.69) is 20.9 Å². The first-order valence-corrected chi connectivity index (χ1v) is 11.5. The molecule has 2 aliphatic heterocycles. The first-order chi connectivity index (χ1) is 12.4. The van der Waals surface area contributed by atoms with E-state index in [-0.39, 0.29) is 28.7 Å². The van der Waals surface area contributed by atoms with Crippen molar-refractivity contribution in [2.24, 2.45) is 4.99 Å². The molecule has 2 atom stereocenters. The Morgan fingerprint density at radius 2 is 1.88 bits per heavy atom. The fraction of sp³-hybridized carbons (Fsp3) is 0.222. The molecule has 26 heavy (non-hydrogen) atoms. The van der Waals surface area contributed by atoms with Crippen molar-refractivity contribution in [3.8, 4) is 0 Å². The number of nitrogens with zero attached hydrogens (tertiary/aromatic N) is 2. The van der Waals surface area contributed by atoms with Gasteiger partial charge in [0.25, 0.3) is 5.91 Å². The highest BCUT2D eigenvalue weighted by atomic mass is 79.9. The van der Waals surface area contributed by atoms with Crippen LogP contribution in [0.25, 0.3) is 0 Å². The number of hydrogen-bond donors (Lipinski definition) is 0. The van der Waals surface area contributed by atoms with Crippen LogP contribution in [0.1, 0.15) is 10.4 Å². The molecule has 0 bridgehead atoms. The first-order valence-electron chi connectivity index (χ1n) is 8.03. The maximum atomic E-state index is 12.5. The Labute approximate surface area is 164 Å². The van der Waals surface area contributed by atoms with E-state index < -0.39 is 9.84 Å². The molecular weight excluding hydrogens is 436 g/mol. The summed E-state index contributed by atoms with van der Waals surface area (Å²) in [6.45, 7) is 0. The molecule has 5 nitrogen and oxygen atoms in total. The average molecular weight is 451 g/mol. The van der Waals surface area contributed by atoms with Crippen LogP contribution >= 0.6 is 27.7 Å². The van der Waals surface area contributed by atoms with Crippen LogP contribution < -0.4 is 4.90 Å². The van der Waals surface area contributed by atoms with E-state index in [1.54, 1.807) is 24.3 Å². The van der Waals surface area contributed by atoms with Gasteiger partial charge in [0, 0.05) is 21.0 Å². The first kappa shape index (κ1) is 17.8. The molecule has 134 valence electrons. The maximum absolute atomic E-state index is 12.5. The minimum absolute atomic E-state index is 0.0791. The molecule has 2 aliphatic rings. The number of amides is 1. The minimum atomic E-state index is -3.07. The average Bonchev–Trinajstić information content (AvgIpc) is 3.06. The number of anilines is 1. The summed E-state index contributed by atoms with van der Waals surface area (Å²) in [5.41, 5.74) is 1.34. The third-order valence-electron chi connectivity index (χ3n) is 4.37. The standard InChI is InChI=1S/C18H15BrN2O3S2/c19-13-7-4-8-14(9-13)21-15-10-26(23,24)11-16(15)25-18(21)20-17(22)12-5-2-1-3-6-12/h1-9,15-16H,10-11H2/t15-,16+/m0/s1. The quantitative estimate of drug-likeness (QED) is 0.701. The van der Waals surface area contributed by atoms with Crippen LogP contribution in [0, 0.1) is 0 Å². The monoisotopic (exact) mass is 450 g/mol. The Kier molecular flexibility index (Phi) is 4.66. The summed E-state index contributed by atoms with van der Waals surface area (Å²) in [4.78, 5) is 18.8. The lowest BCUT2D eigenvalue weighted by atomic mass is 10.2. The summed E-state index contributed by atoms with van der Waals surface area (Å²) < 4.78 is 25.1. The summed E-state index contributed by atoms with van der Waals surface area (Å²) in [6.07, 6.45) is 0. The van der Waals surface area contributed by atoms with Crippen molar-refractivity contribution in [3.05, 3.63) is 64.6 Å². The molecular formula is C18H15BrN2O3S2. The zero-order valence-corrected chi connectivity index (χ0v) is 16.8. The molecule has 8 heteroatoms.